The van der Waals surface area contributed by atoms with Crippen molar-refractivity contribution in [1.82, 2.24) is 30.6 Å². The van der Waals surface area contributed by atoms with E-state index in [9.17, 15) is 24.0 Å². The number of benzene rings is 1. The number of methoxy groups -OCH3 is 1. The van der Waals surface area contributed by atoms with E-state index in [0.717, 1.165) is 5.56 Å². The van der Waals surface area contributed by atoms with Crippen LogP contribution in [0.2, 0.25) is 0 Å². The number of carbonyl (C=O) groups is 5. The average molecular weight is 599 g/mol. The maximum atomic E-state index is 13.5. The largest absolute Gasteiger partial charge is 0.484 e. The number of rotatable bonds is 7. The number of nitrogens with one attached hydrogen (secondary N) is 3. The first kappa shape index (κ1) is 31.5. The van der Waals surface area contributed by atoms with E-state index < -0.39 is 29.1 Å². The normalized spacial score (nSPS) is 19.8. The third-order valence-electron chi connectivity index (χ3n) is 7.31. The molecule has 4 amide bonds. The summed E-state index contributed by atoms with van der Waals surface area (Å²) in [6.07, 6.45) is 1.12. The number of amides is 4. The van der Waals surface area contributed by atoms with Crippen LogP contribution in [0.25, 0.3) is 0 Å². The molecule has 1 aromatic heterocycles. The Balaban J connectivity index is 1.62. The topological polar surface area (TPSA) is 170 Å². The molecule has 4 rings (SSSR count). The molecule has 0 spiro atoms. The average Bonchev–Trinajstić information content (AvgIpc) is 3.44. The summed E-state index contributed by atoms with van der Waals surface area (Å²) < 4.78 is 17.9. The smallest absolute Gasteiger partial charge is 0.314 e. The van der Waals surface area contributed by atoms with E-state index in [4.69, 9.17) is 14.2 Å². The van der Waals surface area contributed by atoms with Crippen LogP contribution in [0, 0.1) is 5.41 Å². The fourth-order valence-corrected chi connectivity index (χ4v) is 5.14. The minimum atomic E-state index is -1.14. The molecule has 3 heterocycles. The highest BCUT2D eigenvalue weighted by Gasteiger charge is 2.40. The van der Waals surface area contributed by atoms with Crippen LogP contribution >= 0.6 is 0 Å². The van der Waals surface area contributed by atoms with E-state index in [2.05, 4.69) is 21.0 Å². The molecule has 0 radical (unpaired) electrons. The van der Waals surface area contributed by atoms with Crippen molar-refractivity contribution >= 4 is 29.6 Å². The standard InChI is InChI=1S/C29H38N6O8/c1-3-42-28(40)29(8-5-13-41-2)16-20-6-4-7-21(14-20)43-18-25(37)30-9-11-34(17-24(36)32-19-29)27(39)22-15-23-26(38)31-10-12-35(23)33-22/h4,6-7,14-15H,3,5,8-13,16-19H2,1-2H3,(H,30,37)(H,31,38)(H,32,36). The maximum Gasteiger partial charge on any atom is 0.314 e. The number of carbonyl (C=O) groups excluding carboxylic acids is 5. The number of fused-ring (bicyclic) bond motifs is 3. The van der Waals surface area contributed by atoms with Crippen LogP contribution < -0.4 is 20.7 Å². The van der Waals surface area contributed by atoms with Gasteiger partial charge in [0.05, 0.1) is 25.1 Å². The molecule has 0 fully saturated rings. The van der Waals surface area contributed by atoms with Crippen molar-refractivity contribution in [2.24, 2.45) is 5.41 Å². The molecule has 14 nitrogen and oxygen atoms in total. The van der Waals surface area contributed by atoms with Gasteiger partial charge in [0, 0.05) is 46.0 Å². The second kappa shape index (κ2) is 14.6. The number of ether oxygens (including phenoxy) is 3. The molecule has 0 saturated carbocycles. The van der Waals surface area contributed by atoms with Gasteiger partial charge in [0.1, 0.15) is 11.4 Å². The highest BCUT2D eigenvalue weighted by molar-refractivity contribution is 5.99. The van der Waals surface area contributed by atoms with Gasteiger partial charge in [0.2, 0.25) is 5.91 Å². The van der Waals surface area contributed by atoms with Gasteiger partial charge >= 0.3 is 5.97 Å². The lowest BCUT2D eigenvalue weighted by atomic mass is 9.77. The zero-order valence-electron chi connectivity index (χ0n) is 24.5. The Bertz CT molecular complexity index is 1340. The number of hydrogen-bond acceptors (Lipinski definition) is 9. The summed E-state index contributed by atoms with van der Waals surface area (Å²) in [6.45, 7) is 2.42. The first-order valence-corrected chi connectivity index (χ1v) is 14.3. The summed E-state index contributed by atoms with van der Waals surface area (Å²) in [4.78, 5) is 66.3. The summed E-state index contributed by atoms with van der Waals surface area (Å²) in [5, 5.41) is 12.5. The van der Waals surface area contributed by atoms with E-state index >= 15 is 0 Å². The Kier molecular flexibility index (Phi) is 10.7. The maximum absolute atomic E-state index is 13.5. The van der Waals surface area contributed by atoms with Gasteiger partial charge in [-0.3, -0.25) is 28.7 Å². The van der Waals surface area contributed by atoms with Crippen LogP contribution in [0.3, 0.4) is 0 Å². The van der Waals surface area contributed by atoms with Gasteiger partial charge in [0.15, 0.2) is 12.3 Å². The molecule has 1 unspecified atom stereocenters. The second-order valence-corrected chi connectivity index (χ2v) is 10.5. The van der Waals surface area contributed by atoms with E-state index in [1.54, 1.807) is 32.2 Å². The zero-order valence-corrected chi connectivity index (χ0v) is 24.5. The molecular formula is C29H38N6O8. The van der Waals surface area contributed by atoms with Crippen LogP contribution in [0.5, 0.6) is 5.75 Å². The summed E-state index contributed by atoms with van der Waals surface area (Å²) in [7, 11) is 1.57. The third-order valence-corrected chi connectivity index (χ3v) is 7.31. The summed E-state index contributed by atoms with van der Waals surface area (Å²) >= 11 is 0. The molecule has 14 heteroatoms. The van der Waals surface area contributed by atoms with Gasteiger partial charge in [0.25, 0.3) is 17.7 Å². The van der Waals surface area contributed by atoms with Crippen molar-refractivity contribution in [2.45, 2.75) is 32.7 Å². The lowest BCUT2D eigenvalue weighted by molar-refractivity contribution is -0.156. The first-order chi connectivity index (χ1) is 20.7. The van der Waals surface area contributed by atoms with Gasteiger partial charge in [-0.25, -0.2) is 0 Å². The minimum absolute atomic E-state index is 0.00263. The fourth-order valence-electron chi connectivity index (χ4n) is 5.14. The molecule has 2 aliphatic heterocycles. The molecule has 0 saturated heterocycles. The second-order valence-electron chi connectivity index (χ2n) is 10.5. The Morgan fingerprint density at radius 2 is 1.88 bits per heavy atom. The number of esters is 1. The van der Waals surface area contributed by atoms with Gasteiger partial charge < -0.3 is 35.1 Å². The van der Waals surface area contributed by atoms with E-state index in [-0.39, 0.29) is 63.1 Å². The van der Waals surface area contributed by atoms with E-state index in [0.29, 0.717) is 38.3 Å². The molecule has 2 bridgehead atoms. The Hall–Kier alpha value is -4.46. The number of aromatic nitrogens is 2. The fraction of sp³-hybridized carbons (Fsp3) is 0.517. The van der Waals surface area contributed by atoms with Crippen LogP contribution in [0.1, 0.15) is 46.3 Å². The molecule has 232 valence electrons. The molecule has 0 aliphatic carbocycles. The zero-order chi connectivity index (χ0) is 30.8. The monoisotopic (exact) mass is 598 g/mol. The Labute approximate surface area is 249 Å². The Morgan fingerprint density at radius 3 is 2.65 bits per heavy atom. The minimum Gasteiger partial charge on any atom is -0.484 e. The summed E-state index contributed by atoms with van der Waals surface area (Å²) in [5.41, 5.74) is -0.128. The summed E-state index contributed by atoms with van der Waals surface area (Å²) in [6, 6.07) is 8.47. The van der Waals surface area contributed by atoms with Gasteiger partial charge in [-0.2, -0.15) is 5.10 Å². The molecule has 2 aromatic rings. The predicted molar refractivity (Wildman–Crippen MR) is 152 cm³/mol. The summed E-state index contributed by atoms with van der Waals surface area (Å²) in [5.74, 6) is -1.86. The van der Waals surface area contributed by atoms with Crippen molar-refractivity contribution in [2.75, 3.05) is 59.7 Å². The van der Waals surface area contributed by atoms with Crippen LogP contribution in [-0.2, 0) is 36.8 Å². The first-order valence-electron chi connectivity index (χ1n) is 14.3. The SMILES string of the molecule is CCOC(=O)C1(CCCOC)CNC(=O)CN(C(=O)c2cc3n(n2)CCNC3=O)CCNC(=O)COc2cccc(c2)C1. The molecule has 1 aromatic carbocycles. The van der Waals surface area contributed by atoms with Crippen molar-refractivity contribution in [3.8, 4) is 5.75 Å². The molecule has 2 aliphatic rings. The number of hydrogen-bond donors (Lipinski definition) is 3. The van der Waals surface area contributed by atoms with E-state index in [1.165, 1.54) is 15.6 Å². The number of nitrogens with zero attached hydrogens (tertiary/aromatic N) is 3. The highest BCUT2D eigenvalue weighted by atomic mass is 16.5. The van der Waals surface area contributed by atoms with Crippen molar-refractivity contribution < 1.29 is 38.2 Å². The molecule has 1 atom stereocenters. The van der Waals surface area contributed by atoms with Crippen molar-refractivity contribution in [3.05, 3.63) is 47.3 Å². The highest BCUT2D eigenvalue weighted by Crippen LogP contribution is 2.32. The lowest BCUT2D eigenvalue weighted by Gasteiger charge is -2.32. The third kappa shape index (κ3) is 8.09. The van der Waals surface area contributed by atoms with Gasteiger partial charge in [-0.05, 0) is 43.9 Å². The molecule has 3 N–H and O–H groups in total. The van der Waals surface area contributed by atoms with Gasteiger partial charge in [-0.15, -0.1) is 0 Å². The molecular weight excluding hydrogens is 560 g/mol. The van der Waals surface area contributed by atoms with Crippen molar-refractivity contribution in [1.29, 1.82) is 0 Å². The Morgan fingerprint density at radius 1 is 1.07 bits per heavy atom. The quantitative estimate of drug-likeness (QED) is 0.291. The predicted octanol–water partition coefficient (Wildman–Crippen LogP) is -0.0877. The van der Waals surface area contributed by atoms with Crippen molar-refractivity contribution in [3.63, 3.8) is 0 Å². The van der Waals surface area contributed by atoms with Crippen LogP contribution in [0.4, 0.5) is 0 Å². The van der Waals surface area contributed by atoms with Gasteiger partial charge in [-0.1, -0.05) is 12.1 Å². The van der Waals surface area contributed by atoms with E-state index in [1.807, 2.05) is 6.07 Å². The molecule has 43 heavy (non-hydrogen) atoms. The lowest BCUT2D eigenvalue weighted by Crippen LogP contribution is -2.49. The van der Waals surface area contributed by atoms with Crippen LogP contribution in [0.15, 0.2) is 30.3 Å². The van der Waals surface area contributed by atoms with Crippen LogP contribution in [-0.4, -0.2) is 104 Å².